The number of aliphatic carboxylic acids is 1. The van der Waals surface area contributed by atoms with Crippen molar-refractivity contribution in [3.8, 4) is 5.88 Å². The molecule has 1 heterocycles. The van der Waals surface area contributed by atoms with Crippen LogP contribution in [-0.2, 0) is 17.6 Å². The molecule has 0 aromatic carbocycles. The first kappa shape index (κ1) is 16.1. The summed E-state index contributed by atoms with van der Waals surface area (Å²) in [5, 5.41) is 16.9. The lowest BCUT2D eigenvalue weighted by Crippen LogP contribution is -2.16. The minimum atomic E-state index is -0.833. The molecular weight excluding hydrogens is 236 g/mol. The first-order valence-corrected chi connectivity index (χ1v) is 5.92. The van der Waals surface area contributed by atoms with Gasteiger partial charge in [0, 0.05) is 13.3 Å². The van der Waals surface area contributed by atoms with Crippen LogP contribution >= 0.6 is 0 Å². The van der Waals surface area contributed by atoms with Gasteiger partial charge in [0.2, 0.25) is 5.88 Å². The fourth-order valence-electron chi connectivity index (χ4n) is 1.31. The quantitative estimate of drug-likeness (QED) is 0.756. The molecule has 0 aliphatic carbocycles. The van der Waals surface area contributed by atoms with Gasteiger partial charge in [-0.1, -0.05) is 20.3 Å². The third kappa shape index (κ3) is 6.03. The van der Waals surface area contributed by atoms with Gasteiger partial charge in [-0.25, -0.2) is 4.98 Å². The van der Waals surface area contributed by atoms with Crippen LogP contribution in [0, 0.1) is 0 Å². The first-order valence-electron chi connectivity index (χ1n) is 5.92. The standard InChI is InChI=1S/C10H16N2O2.C2H4O2/c1-3-5-6-8-11-9(13)7(4-2)10(14)12-8;1-2(3)4/h3-6H2,1-2H3,(H2,11,12,13,14);1H3,(H,3,4). The zero-order valence-corrected chi connectivity index (χ0v) is 11.0. The van der Waals surface area contributed by atoms with E-state index < -0.39 is 5.97 Å². The Morgan fingerprint density at radius 3 is 2.33 bits per heavy atom. The van der Waals surface area contributed by atoms with Crippen LogP contribution in [0.1, 0.15) is 45.0 Å². The van der Waals surface area contributed by atoms with Crippen LogP contribution in [0.5, 0.6) is 5.88 Å². The summed E-state index contributed by atoms with van der Waals surface area (Å²) in [4.78, 5) is 27.0. The van der Waals surface area contributed by atoms with Crippen LogP contribution in [0.4, 0.5) is 0 Å². The van der Waals surface area contributed by atoms with Crippen molar-refractivity contribution in [2.24, 2.45) is 0 Å². The number of carboxylic acids is 1. The third-order valence-electron chi connectivity index (χ3n) is 2.16. The fourth-order valence-corrected chi connectivity index (χ4v) is 1.31. The summed E-state index contributed by atoms with van der Waals surface area (Å²) >= 11 is 0. The SMILES string of the molecule is CC(=O)O.CCCCc1nc(O)c(CC)c(=O)[nH]1. The molecule has 0 spiro atoms. The highest BCUT2D eigenvalue weighted by Gasteiger charge is 2.07. The lowest BCUT2D eigenvalue weighted by atomic mass is 10.2. The zero-order chi connectivity index (χ0) is 14.1. The molecule has 0 amide bonds. The second-order valence-corrected chi connectivity index (χ2v) is 3.79. The molecule has 1 rings (SSSR count). The van der Waals surface area contributed by atoms with Gasteiger partial charge in [0.1, 0.15) is 5.82 Å². The molecule has 0 atom stereocenters. The second kappa shape index (κ2) is 8.27. The topological polar surface area (TPSA) is 103 Å². The second-order valence-electron chi connectivity index (χ2n) is 3.79. The van der Waals surface area contributed by atoms with Gasteiger partial charge in [-0.3, -0.25) is 9.59 Å². The molecule has 0 saturated carbocycles. The monoisotopic (exact) mass is 256 g/mol. The number of aromatic hydroxyl groups is 1. The number of aryl methyl sites for hydroxylation is 1. The Bertz CT molecular complexity index is 436. The summed E-state index contributed by atoms with van der Waals surface area (Å²) in [6, 6.07) is 0. The molecule has 3 N–H and O–H groups in total. The van der Waals surface area contributed by atoms with Crippen molar-refractivity contribution >= 4 is 5.97 Å². The molecular formula is C12H20N2O4. The van der Waals surface area contributed by atoms with E-state index in [9.17, 15) is 9.90 Å². The molecule has 0 unspecified atom stereocenters. The van der Waals surface area contributed by atoms with Gasteiger partial charge in [0.15, 0.2) is 0 Å². The van der Waals surface area contributed by atoms with E-state index in [1.165, 1.54) is 0 Å². The number of aromatic nitrogens is 2. The third-order valence-corrected chi connectivity index (χ3v) is 2.16. The van der Waals surface area contributed by atoms with Gasteiger partial charge in [0.05, 0.1) is 5.56 Å². The largest absolute Gasteiger partial charge is 0.493 e. The molecule has 6 nitrogen and oxygen atoms in total. The maximum Gasteiger partial charge on any atom is 0.300 e. The van der Waals surface area contributed by atoms with Gasteiger partial charge < -0.3 is 15.2 Å². The Kier molecular flexibility index (Phi) is 7.42. The minimum absolute atomic E-state index is 0.123. The number of nitrogens with zero attached hydrogens (tertiary/aromatic N) is 1. The molecule has 6 heteroatoms. The van der Waals surface area contributed by atoms with E-state index in [-0.39, 0.29) is 11.4 Å². The Morgan fingerprint density at radius 1 is 1.39 bits per heavy atom. The van der Waals surface area contributed by atoms with Crippen molar-refractivity contribution in [1.29, 1.82) is 0 Å². The molecule has 102 valence electrons. The predicted octanol–water partition coefficient (Wildman–Crippen LogP) is 1.47. The maximum absolute atomic E-state index is 11.4. The molecule has 0 radical (unpaired) electrons. The van der Waals surface area contributed by atoms with Crippen LogP contribution in [-0.4, -0.2) is 26.2 Å². The maximum atomic E-state index is 11.4. The summed E-state index contributed by atoms with van der Waals surface area (Å²) in [6.07, 6.45) is 3.22. The molecule has 0 bridgehead atoms. The van der Waals surface area contributed by atoms with E-state index >= 15 is 0 Å². The van der Waals surface area contributed by atoms with E-state index in [1.807, 2.05) is 6.92 Å². The molecule has 18 heavy (non-hydrogen) atoms. The van der Waals surface area contributed by atoms with Crippen LogP contribution in [0.3, 0.4) is 0 Å². The van der Waals surface area contributed by atoms with Gasteiger partial charge in [-0.15, -0.1) is 0 Å². The molecule has 1 aromatic heterocycles. The van der Waals surface area contributed by atoms with E-state index in [4.69, 9.17) is 9.90 Å². The molecule has 0 aliphatic heterocycles. The number of rotatable bonds is 4. The highest BCUT2D eigenvalue weighted by atomic mass is 16.4. The Labute approximate surface area is 106 Å². The van der Waals surface area contributed by atoms with E-state index in [0.717, 1.165) is 19.8 Å². The summed E-state index contributed by atoms with van der Waals surface area (Å²) in [6.45, 7) is 4.97. The number of aromatic amines is 1. The normalized spacial score (nSPS) is 9.50. The van der Waals surface area contributed by atoms with Crippen molar-refractivity contribution < 1.29 is 15.0 Å². The first-order chi connectivity index (χ1) is 8.42. The van der Waals surface area contributed by atoms with Crippen LogP contribution in [0.2, 0.25) is 0 Å². The highest BCUT2D eigenvalue weighted by molar-refractivity contribution is 5.62. The number of carboxylic acid groups (broad SMARTS) is 1. The van der Waals surface area contributed by atoms with Crippen LogP contribution in [0.25, 0.3) is 0 Å². The lowest BCUT2D eigenvalue weighted by Gasteiger charge is -2.03. The summed E-state index contributed by atoms with van der Waals surface area (Å²) in [5.41, 5.74) is 0.149. The molecule has 0 fully saturated rings. The van der Waals surface area contributed by atoms with Crippen molar-refractivity contribution in [3.63, 3.8) is 0 Å². The Balaban J connectivity index is 0.000000631. The average Bonchev–Trinajstić information content (AvgIpc) is 2.25. The van der Waals surface area contributed by atoms with Crippen molar-refractivity contribution in [2.45, 2.75) is 46.5 Å². The number of hydrogen-bond acceptors (Lipinski definition) is 4. The van der Waals surface area contributed by atoms with Gasteiger partial charge >= 0.3 is 0 Å². The number of unbranched alkanes of at least 4 members (excludes halogenated alkanes) is 1. The van der Waals surface area contributed by atoms with E-state index in [1.54, 1.807) is 0 Å². The van der Waals surface area contributed by atoms with Crippen LogP contribution in [0.15, 0.2) is 4.79 Å². The highest BCUT2D eigenvalue weighted by Crippen LogP contribution is 2.09. The summed E-state index contributed by atoms with van der Waals surface area (Å²) in [5.74, 6) is -0.381. The number of carbonyl (C=O) groups is 1. The minimum Gasteiger partial charge on any atom is -0.493 e. The molecule has 0 saturated heterocycles. The van der Waals surface area contributed by atoms with Gasteiger partial charge in [-0.05, 0) is 12.8 Å². The van der Waals surface area contributed by atoms with Crippen molar-refractivity contribution in [1.82, 2.24) is 9.97 Å². The predicted molar refractivity (Wildman–Crippen MR) is 67.8 cm³/mol. The van der Waals surface area contributed by atoms with E-state index in [2.05, 4.69) is 16.9 Å². The van der Waals surface area contributed by atoms with Gasteiger partial charge in [-0.2, -0.15) is 0 Å². The summed E-state index contributed by atoms with van der Waals surface area (Å²) < 4.78 is 0. The number of nitrogens with one attached hydrogen (secondary N) is 1. The van der Waals surface area contributed by atoms with E-state index in [0.29, 0.717) is 24.2 Å². The molecule has 1 aromatic rings. The Morgan fingerprint density at radius 2 is 1.94 bits per heavy atom. The van der Waals surface area contributed by atoms with Crippen molar-refractivity contribution in [3.05, 3.63) is 21.7 Å². The van der Waals surface area contributed by atoms with Crippen molar-refractivity contribution in [2.75, 3.05) is 0 Å². The number of hydrogen-bond donors (Lipinski definition) is 3. The van der Waals surface area contributed by atoms with Crippen LogP contribution < -0.4 is 5.56 Å². The molecule has 0 aliphatic rings. The number of H-pyrrole nitrogens is 1. The zero-order valence-electron chi connectivity index (χ0n) is 11.0. The Hall–Kier alpha value is -1.85. The summed E-state index contributed by atoms with van der Waals surface area (Å²) in [7, 11) is 0. The lowest BCUT2D eigenvalue weighted by molar-refractivity contribution is -0.134. The van der Waals surface area contributed by atoms with Gasteiger partial charge in [0.25, 0.3) is 11.5 Å². The fraction of sp³-hybridized carbons (Fsp3) is 0.583. The average molecular weight is 256 g/mol. The smallest absolute Gasteiger partial charge is 0.300 e.